The lowest BCUT2D eigenvalue weighted by molar-refractivity contribution is 0.415. The van der Waals surface area contributed by atoms with Crippen molar-refractivity contribution in [3.05, 3.63) is 81.6 Å². The molecule has 0 bridgehead atoms. The first-order chi connectivity index (χ1) is 13.3. The van der Waals surface area contributed by atoms with E-state index in [0.29, 0.717) is 21.5 Å². The zero-order chi connectivity index (χ0) is 20.1. The molecule has 0 aliphatic rings. The van der Waals surface area contributed by atoms with Gasteiger partial charge in [-0.15, -0.1) is 0 Å². The fourth-order valence-electron chi connectivity index (χ4n) is 3.23. The fraction of sp³-hybridized carbons (Fsp3) is 0.0952. The zero-order valence-electron chi connectivity index (χ0n) is 15.1. The Labute approximate surface area is 166 Å². The number of halogens is 1. The van der Waals surface area contributed by atoms with Crippen molar-refractivity contribution in [1.82, 2.24) is 3.97 Å². The molecule has 1 heterocycles. The van der Waals surface area contributed by atoms with Crippen LogP contribution in [0.25, 0.3) is 21.7 Å². The lowest BCUT2D eigenvalue weighted by atomic mass is 10.1. The Kier molecular flexibility index (Phi) is 4.40. The van der Waals surface area contributed by atoms with Crippen LogP contribution >= 0.6 is 11.6 Å². The van der Waals surface area contributed by atoms with Crippen LogP contribution in [0.5, 0.6) is 5.75 Å². The highest BCUT2D eigenvalue weighted by molar-refractivity contribution is 7.90. The van der Waals surface area contributed by atoms with E-state index in [0.717, 1.165) is 9.54 Å². The lowest BCUT2D eigenvalue weighted by Gasteiger charge is -2.15. The molecule has 0 spiro atoms. The number of aryl methyl sites for hydroxylation is 1. The van der Waals surface area contributed by atoms with Crippen molar-refractivity contribution in [1.29, 1.82) is 0 Å². The number of hydrogen-bond acceptors (Lipinski definition) is 4. The van der Waals surface area contributed by atoms with Crippen molar-refractivity contribution in [3.63, 3.8) is 0 Å². The maximum absolute atomic E-state index is 13.3. The van der Waals surface area contributed by atoms with Gasteiger partial charge in [0.15, 0.2) is 0 Å². The number of methoxy groups -OCH3 is 1. The second-order valence-corrected chi connectivity index (χ2v) is 8.68. The Morgan fingerprint density at radius 2 is 1.61 bits per heavy atom. The highest BCUT2D eigenvalue weighted by atomic mass is 35.5. The third-order valence-electron chi connectivity index (χ3n) is 4.67. The van der Waals surface area contributed by atoms with Gasteiger partial charge in [0, 0.05) is 21.2 Å². The van der Waals surface area contributed by atoms with Crippen LogP contribution in [0.15, 0.2) is 70.4 Å². The van der Waals surface area contributed by atoms with Crippen LogP contribution in [0.4, 0.5) is 0 Å². The summed E-state index contributed by atoms with van der Waals surface area (Å²) in [5.74, 6) is 0.562. The Balaban J connectivity index is 2.18. The van der Waals surface area contributed by atoms with Gasteiger partial charge < -0.3 is 4.74 Å². The first kappa shape index (κ1) is 18.5. The molecule has 5 nitrogen and oxygen atoms in total. The summed E-state index contributed by atoms with van der Waals surface area (Å²) in [7, 11) is -2.58. The highest BCUT2D eigenvalue weighted by Gasteiger charge is 2.23. The molecule has 0 saturated carbocycles. The van der Waals surface area contributed by atoms with Crippen LogP contribution in [-0.2, 0) is 10.0 Å². The molecule has 0 radical (unpaired) electrons. The molecule has 0 N–H and O–H groups in total. The van der Waals surface area contributed by atoms with Gasteiger partial charge in [-0.1, -0.05) is 29.3 Å². The quantitative estimate of drug-likeness (QED) is 0.468. The largest absolute Gasteiger partial charge is 0.497 e. The molecule has 1 aromatic heterocycles. The molecule has 0 amide bonds. The zero-order valence-corrected chi connectivity index (χ0v) is 16.7. The molecular formula is C21H16ClNO4S. The number of fused-ring (bicyclic) bond motifs is 3. The van der Waals surface area contributed by atoms with E-state index in [1.165, 1.54) is 19.2 Å². The van der Waals surface area contributed by atoms with E-state index < -0.39 is 15.6 Å². The summed E-state index contributed by atoms with van der Waals surface area (Å²) in [6.45, 7) is 1.86. The SMILES string of the molecule is COc1ccc2c(=O)n(S(=O)(=O)c3ccc(C)cc3)c3ccc(Cl)cc3c2c1. The maximum Gasteiger partial charge on any atom is 0.272 e. The van der Waals surface area contributed by atoms with Gasteiger partial charge in [0.25, 0.3) is 15.6 Å². The van der Waals surface area contributed by atoms with Crippen LogP contribution in [0, 0.1) is 6.92 Å². The Morgan fingerprint density at radius 3 is 2.29 bits per heavy atom. The molecule has 3 aromatic carbocycles. The van der Waals surface area contributed by atoms with Crippen molar-refractivity contribution in [2.24, 2.45) is 0 Å². The molecule has 7 heteroatoms. The number of rotatable bonds is 3. The molecule has 0 saturated heterocycles. The van der Waals surface area contributed by atoms with Gasteiger partial charge in [0.1, 0.15) is 5.75 Å². The molecular weight excluding hydrogens is 398 g/mol. The second kappa shape index (κ2) is 6.65. The molecule has 0 unspecified atom stereocenters. The van der Waals surface area contributed by atoms with E-state index in [1.54, 1.807) is 48.5 Å². The van der Waals surface area contributed by atoms with E-state index in [2.05, 4.69) is 0 Å². The van der Waals surface area contributed by atoms with Gasteiger partial charge in [-0.25, -0.2) is 8.42 Å². The lowest BCUT2D eigenvalue weighted by Crippen LogP contribution is -2.28. The van der Waals surface area contributed by atoms with Crippen LogP contribution in [0.3, 0.4) is 0 Å². The molecule has 28 heavy (non-hydrogen) atoms. The topological polar surface area (TPSA) is 65.4 Å². The summed E-state index contributed by atoms with van der Waals surface area (Å²) in [5.41, 5.74) is 0.567. The summed E-state index contributed by atoms with van der Waals surface area (Å²) in [6.07, 6.45) is 0. The van der Waals surface area contributed by atoms with E-state index in [1.807, 2.05) is 6.92 Å². The third kappa shape index (κ3) is 2.85. The number of benzene rings is 3. The standard InChI is InChI=1S/C21H16ClNO4S/c1-13-3-7-16(8-4-13)28(25,26)23-20-10-5-14(22)11-19(20)18-12-15(27-2)6-9-17(18)21(23)24/h3-12H,1-2H3. The molecule has 0 aliphatic heterocycles. The van der Waals surface area contributed by atoms with E-state index >= 15 is 0 Å². The minimum Gasteiger partial charge on any atom is -0.497 e. The molecule has 0 fully saturated rings. The summed E-state index contributed by atoms with van der Waals surface area (Å²) >= 11 is 6.17. The number of hydrogen-bond donors (Lipinski definition) is 0. The van der Waals surface area contributed by atoms with E-state index in [-0.39, 0.29) is 15.8 Å². The molecule has 4 rings (SSSR count). The van der Waals surface area contributed by atoms with Crippen molar-refractivity contribution in [2.75, 3.05) is 7.11 Å². The summed E-state index contributed by atoms with van der Waals surface area (Å²) < 4.78 is 32.8. The molecule has 142 valence electrons. The normalized spacial score (nSPS) is 11.8. The molecule has 0 atom stereocenters. The highest BCUT2D eigenvalue weighted by Crippen LogP contribution is 2.30. The Morgan fingerprint density at radius 1 is 0.893 bits per heavy atom. The van der Waals surface area contributed by atoms with E-state index in [9.17, 15) is 13.2 Å². The first-order valence-electron chi connectivity index (χ1n) is 8.47. The average molecular weight is 414 g/mol. The van der Waals surface area contributed by atoms with Gasteiger partial charge in [0.05, 0.1) is 17.5 Å². The Hall–Kier alpha value is -2.83. The van der Waals surface area contributed by atoms with Crippen LogP contribution in [0.2, 0.25) is 5.02 Å². The minimum absolute atomic E-state index is 0.0457. The van der Waals surface area contributed by atoms with Crippen molar-refractivity contribution in [2.45, 2.75) is 11.8 Å². The van der Waals surface area contributed by atoms with Crippen molar-refractivity contribution >= 4 is 43.3 Å². The predicted molar refractivity (Wildman–Crippen MR) is 111 cm³/mol. The third-order valence-corrected chi connectivity index (χ3v) is 6.61. The van der Waals surface area contributed by atoms with Crippen LogP contribution < -0.4 is 10.3 Å². The number of nitrogens with zero attached hydrogens (tertiary/aromatic N) is 1. The van der Waals surface area contributed by atoms with Crippen LogP contribution in [-0.4, -0.2) is 19.5 Å². The first-order valence-corrected chi connectivity index (χ1v) is 10.3. The molecule has 4 aromatic rings. The van der Waals surface area contributed by atoms with Gasteiger partial charge in [-0.2, -0.15) is 3.97 Å². The van der Waals surface area contributed by atoms with Gasteiger partial charge in [-0.3, -0.25) is 4.79 Å². The van der Waals surface area contributed by atoms with Crippen molar-refractivity contribution in [3.8, 4) is 5.75 Å². The number of ether oxygens (including phenoxy) is 1. The second-order valence-electron chi connectivity index (χ2n) is 6.46. The average Bonchev–Trinajstić information content (AvgIpc) is 2.68. The van der Waals surface area contributed by atoms with Crippen molar-refractivity contribution < 1.29 is 13.2 Å². The predicted octanol–water partition coefficient (Wildman–Crippen LogP) is 4.36. The summed E-state index contributed by atoms with van der Waals surface area (Å²) in [6, 6.07) is 16.1. The van der Waals surface area contributed by atoms with Gasteiger partial charge >= 0.3 is 0 Å². The van der Waals surface area contributed by atoms with E-state index in [4.69, 9.17) is 16.3 Å². The number of aromatic nitrogens is 1. The Bertz CT molecular complexity index is 1390. The number of pyridine rings is 1. The van der Waals surface area contributed by atoms with Gasteiger partial charge in [0.2, 0.25) is 0 Å². The summed E-state index contributed by atoms with van der Waals surface area (Å²) in [5, 5.41) is 1.84. The smallest absolute Gasteiger partial charge is 0.272 e. The summed E-state index contributed by atoms with van der Waals surface area (Å²) in [4.78, 5) is 13.3. The maximum atomic E-state index is 13.3. The minimum atomic E-state index is -4.10. The monoisotopic (exact) mass is 413 g/mol. The fourth-order valence-corrected chi connectivity index (χ4v) is 4.83. The molecule has 0 aliphatic carbocycles. The van der Waals surface area contributed by atoms with Gasteiger partial charge in [-0.05, 0) is 55.5 Å². The van der Waals surface area contributed by atoms with Crippen LogP contribution in [0.1, 0.15) is 5.56 Å².